The van der Waals surface area contributed by atoms with E-state index in [1.165, 1.54) is 29.1 Å². The second kappa shape index (κ2) is 11.4. The molecule has 2 heterocycles. The van der Waals surface area contributed by atoms with Crippen molar-refractivity contribution >= 4 is 54.1 Å². The molecule has 0 aliphatic rings. The first-order valence-electron chi connectivity index (χ1n) is 10.8. The summed E-state index contributed by atoms with van der Waals surface area (Å²) in [4.78, 5) is 17.0. The number of amides is 1. The fraction of sp³-hybridized carbons (Fsp3) is 0.208. The molecular weight excluding hydrogens is 565 g/mol. The summed E-state index contributed by atoms with van der Waals surface area (Å²) in [5.74, 6) is -0.918. The molecule has 10 nitrogen and oxygen atoms in total. The third-order valence-electron chi connectivity index (χ3n) is 5.20. The first-order valence-corrected chi connectivity index (χ1v) is 13.5. The molecular formula is C24H23ClCuN7O3S-2. The van der Waals surface area contributed by atoms with E-state index in [-0.39, 0.29) is 33.2 Å². The summed E-state index contributed by atoms with van der Waals surface area (Å²) >= 11 is 3.66. The van der Waals surface area contributed by atoms with E-state index in [2.05, 4.69) is 50.2 Å². The zero-order valence-corrected chi connectivity index (χ0v) is 22.8. The van der Waals surface area contributed by atoms with Crippen LogP contribution in [0.5, 0.6) is 0 Å². The quantitative estimate of drug-likeness (QED) is 0.183. The molecule has 0 atom stereocenters. The number of sulfonamides is 1. The fourth-order valence-corrected chi connectivity index (χ4v) is 4.53. The van der Waals surface area contributed by atoms with E-state index < -0.39 is 21.3 Å². The molecule has 0 bridgehead atoms. The summed E-state index contributed by atoms with van der Waals surface area (Å²) in [5, 5.41) is 13.3. The van der Waals surface area contributed by atoms with Crippen LogP contribution in [0.1, 0.15) is 36.8 Å². The van der Waals surface area contributed by atoms with Gasteiger partial charge in [0.2, 0.25) is 0 Å². The van der Waals surface area contributed by atoms with Gasteiger partial charge in [0.05, 0.1) is 27.7 Å². The molecule has 2 aromatic heterocycles. The number of nitrogens with zero attached hydrogens (tertiary/aromatic N) is 6. The van der Waals surface area contributed by atoms with Crippen LogP contribution < -0.4 is 0 Å². The van der Waals surface area contributed by atoms with Crippen LogP contribution in [-0.4, -0.2) is 29.1 Å². The molecule has 0 aliphatic heterocycles. The van der Waals surface area contributed by atoms with Crippen molar-refractivity contribution in [2.75, 3.05) is 0 Å². The van der Waals surface area contributed by atoms with Crippen molar-refractivity contribution in [1.82, 2.24) is 14.8 Å². The number of carbonyl (C=O) groups excluding carboxylic acids is 1. The third-order valence-corrected chi connectivity index (χ3v) is 6.49. The molecule has 0 unspecified atom stereocenters. The van der Waals surface area contributed by atoms with E-state index in [9.17, 15) is 13.2 Å². The van der Waals surface area contributed by atoms with Crippen LogP contribution >= 0.6 is 10.1 Å². The average molecular weight is 589 g/mol. The second-order valence-corrected chi connectivity index (χ2v) is 10.4. The summed E-state index contributed by atoms with van der Waals surface area (Å²) in [7, 11) is 1.49. The van der Waals surface area contributed by atoms with Gasteiger partial charge in [-0.1, -0.05) is 57.2 Å². The molecule has 0 aliphatic carbocycles. The van der Waals surface area contributed by atoms with Crippen LogP contribution in [0.15, 0.2) is 75.9 Å². The van der Waals surface area contributed by atoms with Crippen molar-refractivity contribution in [3.8, 4) is 0 Å². The van der Waals surface area contributed by atoms with Gasteiger partial charge >= 0.3 is 25.2 Å². The van der Waals surface area contributed by atoms with Crippen molar-refractivity contribution in [2.24, 2.45) is 17.3 Å². The number of aryl methyl sites for hydroxylation is 1. The number of azo groups is 1. The number of hydrogen-bond acceptors (Lipinski definition) is 7. The van der Waals surface area contributed by atoms with Gasteiger partial charge in [0.15, 0.2) is 0 Å². The van der Waals surface area contributed by atoms with Crippen molar-refractivity contribution in [3.63, 3.8) is 0 Å². The van der Waals surface area contributed by atoms with Gasteiger partial charge in [0, 0.05) is 22.6 Å². The van der Waals surface area contributed by atoms with Crippen LogP contribution in [-0.2, 0) is 37.6 Å². The van der Waals surface area contributed by atoms with E-state index in [0.29, 0.717) is 11.1 Å². The molecule has 4 aromatic rings. The summed E-state index contributed by atoms with van der Waals surface area (Å²) < 4.78 is 30.9. The molecule has 4 rings (SSSR count). The maximum absolute atomic E-state index is 13.0. The van der Waals surface area contributed by atoms with Gasteiger partial charge < -0.3 is 19.9 Å². The van der Waals surface area contributed by atoms with Crippen molar-refractivity contribution in [3.05, 3.63) is 82.5 Å². The Kier molecular flexibility index (Phi) is 8.70. The van der Waals surface area contributed by atoms with Gasteiger partial charge in [-0.2, -0.15) is 0 Å². The standard InChI is InChI=1S/C24H24N7O3S.ClH.Cu/c1-24(2,3)21-20(22(25)31(4)29-21)28-27-17-12-6-5-11-16(17)23(32)30-35(33,34)18-13-7-9-15-10-8-14-26-19(15)18;;/h5-14H,1-4H3,(H2-,25,27,29,30,32);1H;/q-1;;+1/p-2. The summed E-state index contributed by atoms with van der Waals surface area (Å²) in [5.41, 5.74) is 9.02. The van der Waals surface area contributed by atoms with Crippen molar-refractivity contribution in [2.45, 2.75) is 31.1 Å². The van der Waals surface area contributed by atoms with Gasteiger partial charge in [-0.05, 0) is 31.1 Å². The Morgan fingerprint density at radius 2 is 1.73 bits per heavy atom. The molecule has 198 valence electrons. The Hall–Kier alpha value is -3.31. The molecule has 1 N–H and O–H groups in total. The van der Waals surface area contributed by atoms with Crippen LogP contribution in [0.2, 0.25) is 0 Å². The zero-order chi connectivity index (χ0) is 27.4. The Balaban J connectivity index is 0.00000186. The molecule has 0 fully saturated rings. The van der Waals surface area contributed by atoms with Crippen LogP contribution in [0, 0.1) is 0 Å². The number of nitrogens with one attached hydrogen (secondary N) is 1. The minimum absolute atomic E-state index is 0.0410. The van der Waals surface area contributed by atoms with Crippen molar-refractivity contribution < 1.29 is 28.3 Å². The molecule has 13 heteroatoms. The first-order chi connectivity index (χ1) is 17.5. The minimum atomic E-state index is -4.35. The Morgan fingerprint density at radius 1 is 1.05 bits per heavy atom. The maximum atomic E-state index is 13.0. The summed E-state index contributed by atoms with van der Waals surface area (Å²) in [6, 6.07) is 14.2. The van der Waals surface area contributed by atoms with E-state index in [1.54, 1.807) is 43.4 Å². The number of halogens is 1. The van der Waals surface area contributed by atoms with E-state index in [4.69, 9.17) is 5.73 Å². The topological polar surface area (TPSA) is 145 Å². The van der Waals surface area contributed by atoms with Gasteiger partial charge in [0.25, 0.3) is 0 Å². The first kappa shape index (κ1) is 28.3. The van der Waals surface area contributed by atoms with Gasteiger partial charge in [-0.15, -0.1) is 10.2 Å². The summed E-state index contributed by atoms with van der Waals surface area (Å²) in [6.45, 7) is 5.82. The number of hydrogen-bond donors (Lipinski definition) is 0. The monoisotopic (exact) mass is 587 g/mol. The van der Waals surface area contributed by atoms with E-state index in [1.807, 2.05) is 20.8 Å². The Labute approximate surface area is 227 Å². The SMILES string of the molecule is Cn1nc(C(C)(C)C)c(N=Nc2ccccc2C(=O)[N-]S(=O)(=O)c2cccc3cccnc23)c1[NH-].[Cl][Cu]. The molecule has 0 radical (unpaired) electrons. The molecule has 2 aromatic carbocycles. The molecule has 1 amide bonds. The van der Waals surface area contributed by atoms with E-state index in [0.717, 1.165) is 0 Å². The van der Waals surface area contributed by atoms with Crippen LogP contribution in [0.3, 0.4) is 0 Å². The Bertz CT molecular complexity index is 1580. The number of pyridine rings is 1. The number of fused-ring (bicyclic) bond motifs is 1. The van der Waals surface area contributed by atoms with Crippen LogP contribution in [0.25, 0.3) is 21.4 Å². The number of benzene rings is 2. The third kappa shape index (κ3) is 6.16. The number of rotatable bonds is 5. The second-order valence-electron chi connectivity index (χ2n) is 8.84. The van der Waals surface area contributed by atoms with Gasteiger partial charge in [-0.25, -0.2) is 8.42 Å². The predicted molar refractivity (Wildman–Crippen MR) is 139 cm³/mol. The average Bonchev–Trinajstić information content (AvgIpc) is 3.17. The molecule has 0 saturated heterocycles. The van der Waals surface area contributed by atoms with Gasteiger partial charge in [0.1, 0.15) is 15.7 Å². The molecule has 0 spiro atoms. The number of aromatic nitrogens is 3. The van der Waals surface area contributed by atoms with Crippen molar-refractivity contribution in [1.29, 1.82) is 0 Å². The van der Waals surface area contributed by atoms with Crippen LogP contribution in [0.4, 0.5) is 17.2 Å². The zero-order valence-electron chi connectivity index (χ0n) is 20.3. The summed E-state index contributed by atoms with van der Waals surface area (Å²) in [6.07, 6.45) is 1.48. The normalized spacial score (nSPS) is 11.9. The fourth-order valence-electron chi connectivity index (χ4n) is 3.45. The number of para-hydroxylation sites is 1. The van der Waals surface area contributed by atoms with Gasteiger partial charge in [-0.3, -0.25) is 10.1 Å². The Morgan fingerprint density at radius 3 is 2.43 bits per heavy atom. The van der Waals surface area contributed by atoms with E-state index >= 15 is 0 Å². The molecule has 37 heavy (non-hydrogen) atoms. The number of carbonyl (C=O) groups is 1. The molecule has 0 saturated carbocycles. The predicted octanol–water partition coefficient (Wildman–Crippen LogP) is 6.95.